The molecule has 0 atom stereocenters. The second kappa shape index (κ2) is 8.47. The number of nitrogens with one attached hydrogen (secondary N) is 1. The maximum atomic E-state index is 12.7. The van der Waals surface area contributed by atoms with Crippen LogP contribution < -0.4 is 10.1 Å². The highest BCUT2D eigenvalue weighted by Gasteiger charge is 2.33. The molecule has 0 radical (unpaired) electrons. The summed E-state index contributed by atoms with van der Waals surface area (Å²) < 4.78 is 43.2. The third-order valence-corrected chi connectivity index (χ3v) is 4.00. The number of nitrogens with zero attached hydrogens (tertiary/aromatic N) is 2. The van der Waals surface area contributed by atoms with Gasteiger partial charge in [-0.1, -0.05) is 11.6 Å². The van der Waals surface area contributed by atoms with E-state index in [0.717, 1.165) is 17.0 Å². The maximum absolute atomic E-state index is 12.7. The first kappa shape index (κ1) is 21.5. The minimum Gasteiger partial charge on any atom is -0.495 e. The van der Waals surface area contributed by atoms with Crippen molar-refractivity contribution >= 4 is 29.1 Å². The number of anilines is 1. The first-order valence-corrected chi connectivity index (χ1v) is 8.34. The van der Waals surface area contributed by atoms with Crippen molar-refractivity contribution < 1.29 is 27.5 Å². The fourth-order valence-corrected chi connectivity index (χ4v) is 2.58. The molecule has 0 aliphatic rings. The van der Waals surface area contributed by atoms with E-state index in [0.29, 0.717) is 16.5 Å². The minimum atomic E-state index is -4.60. The molecule has 0 saturated carbocycles. The largest absolute Gasteiger partial charge is 0.495 e. The zero-order chi connectivity index (χ0) is 21.1. The van der Waals surface area contributed by atoms with Gasteiger partial charge in [-0.3, -0.25) is 9.59 Å². The van der Waals surface area contributed by atoms with Crippen molar-refractivity contribution in [3.63, 3.8) is 0 Å². The Kier molecular flexibility index (Phi) is 6.50. The Morgan fingerprint density at radius 3 is 2.50 bits per heavy atom. The van der Waals surface area contributed by atoms with Crippen LogP contribution in [-0.4, -0.2) is 42.4 Å². The molecule has 1 heterocycles. The van der Waals surface area contributed by atoms with Gasteiger partial charge in [0.1, 0.15) is 11.4 Å². The van der Waals surface area contributed by atoms with E-state index in [1.165, 1.54) is 27.1 Å². The summed E-state index contributed by atoms with van der Waals surface area (Å²) in [6.07, 6.45) is -4.60. The number of ether oxygens (including phenoxy) is 1. The van der Waals surface area contributed by atoms with Crippen LogP contribution in [0.1, 0.15) is 21.7 Å². The number of likely N-dealkylation sites (N-methyl/N-ethyl adjacent to an activating group) is 1. The quantitative estimate of drug-likeness (QED) is 0.806. The lowest BCUT2D eigenvalue weighted by Gasteiger charge is -2.19. The van der Waals surface area contributed by atoms with Gasteiger partial charge in [-0.2, -0.15) is 13.2 Å². The molecule has 1 aromatic carbocycles. The highest BCUT2D eigenvalue weighted by atomic mass is 35.5. The maximum Gasteiger partial charge on any atom is 0.433 e. The molecule has 2 aromatic rings. The molecule has 0 aliphatic carbocycles. The molecule has 0 spiro atoms. The number of amides is 2. The van der Waals surface area contributed by atoms with Gasteiger partial charge in [0.05, 0.1) is 30.6 Å². The second-order valence-electron chi connectivity index (χ2n) is 5.88. The summed E-state index contributed by atoms with van der Waals surface area (Å²) >= 11 is 5.90. The molecule has 0 unspecified atom stereocenters. The molecule has 2 amide bonds. The van der Waals surface area contributed by atoms with Crippen molar-refractivity contribution in [1.29, 1.82) is 0 Å². The summed E-state index contributed by atoms with van der Waals surface area (Å²) in [4.78, 5) is 29.2. The zero-order valence-corrected chi connectivity index (χ0v) is 16.0. The van der Waals surface area contributed by atoms with Crippen LogP contribution in [-0.2, 0) is 11.0 Å². The molecule has 0 fully saturated rings. The van der Waals surface area contributed by atoms with Crippen LogP contribution in [0.5, 0.6) is 5.75 Å². The summed E-state index contributed by atoms with van der Waals surface area (Å²) in [7, 11) is 2.78. The molecular weight excluding hydrogens is 399 g/mol. The Balaban J connectivity index is 2.10. The molecule has 10 heteroatoms. The van der Waals surface area contributed by atoms with E-state index in [9.17, 15) is 22.8 Å². The molecule has 28 heavy (non-hydrogen) atoms. The van der Waals surface area contributed by atoms with E-state index < -0.39 is 23.7 Å². The van der Waals surface area contributed by atoms with Crippen LogP contribution >= 0.6 is 11.6 Å². The normalized spacial score (nSPS) is 11.1. The number of carbonyl (C=O) groups is 2. The van der Waals surface area contributed by atoms with Crippen LogP contribution in [0, 0.1) is 6.92 Å². The number of hydrogen-bond acceptors (Lipinski definition) is 4. The van der Waals surface area contributed by atoms with Gasteiger partial charge in [0, 0.05) is 12.1 Å². The molecule has 1 aromatic heterocycles. The third-order valence-electron chi connectivity index (χ3n) is 3.77. The number of aryl methyl sites for hydroxylation is 1. The predicted octanol–water partition coefficient (Wildman–Crippen LogP) is 3.78. The summed E-state index contributed by atoms with van der Waals surface area (Å²) in [5, 5.41) is 2.96. The molecule has 6 nitrogen and oxygen atoms in total. The number of benzene rings is 1. The molecule has 2 rings (SSSR count). The van der Waals surface area contributed by atoms with E-state index in [2.05, 4.69) is 10.3 Å². The number of hydrogen-bond donors (Lipinski definition) is 1. The summed E-state index contributed by atoms with van der Waals surface area (Å²) in [5.41, 5.74) is -0.865. The van der Waals surface area contributed by atoms with Crippen molar-refractivity contribution in [3.8, 4) is 5.75 Å². The van der Waals surface area contributed by atoms with Crippen molar-refractivity contribution in [2.45, 2.75) is 13.1 Å². The van der Waals surface area contributed by atoms with E-state index in [1.807, 2.05) is 0 Å². The summed E-state index contributed by atoms with van der Waals surface area (Å²) in [6.45, 7) is 0.960. The van der Waals surface area contributed by atoms with Crippen molar-refractivity contribution in [1.82, 2.24) is 9.88 Å². The highest BCUT2D eigenvalue weighted by molar-refractivity contribution is 6.31. The number of aromatic nitrogens is 1. The molecular formula is C18H17ClF3N3O3. The van der Waals surface area contributed by atoms with Gasteiger partial charge in [-0.05, 0) is 37.3 Å². The third kappa shape index (κ3) is 5.13. The minimum absolute atomic E-state index is 0.0244. The van der Waals surface area contributed by atoms with E-state index in [1.54, 1.807) is 12.1 Å². The van der Waals surface area contributed by atoms with Crippen LogP contribution in [0.2, 0.25) is 5.02 Å². The number of methoxy groups -OCH3 is 1. The molecule has 1 N–H and O–H groups in total. The molecule has 0 saturated heterocycles. The van der Waals surface area contributed by atoms with Crippen molar-refractivity contribution in [3.05, 3.63) is 52.3 Å². The predicted molar refractivity (Wildman–Crippen MR) is 97.6 cm³/mol. The number of pyridine rings is 1. The molecule has 150 valence electrons. The van der Waals surface area contributed by atoms with Gasteiger partial charge in [0.25, 0.3) is 5.91 Å². The monoisotopic (exact) mass is 415 g/mol. The lowest BCUT2D eigenvalue weighted by atomic mass is 10.1. The van der Waals surface area contributed by atoms with Crippen LogP contribution in [0.3, 0.4) is 0 Å². The zero-order valence-electron chi connectivity index (χ0n) is 15.2. The molecule has 0 bridgehead atoms. The first-order valence-electron chi connectivity index (χ1n) is 7.96. The number of rotatable bonds is 5. The SMILES string of the molecule is COc1ccc(Cl)cc1NC(=O)CN(C)C(=O)c1ccc(C(F)(F)F)nc1C. The fraction of sp³-hybridized carbons (Fsp3) is 0.278. The van der Waals surface area contributed by atoms with Gasteiger partial charge in [0.2, 0.25) is 5.91 Å². The topological polar surface area (TPSA) is 71.5 Å². The van der Waals surface area contributed by atoms with E-state index in [-0.39, 0.29) is 17.8 Å². The Hall–Kier alpha value is -2.81. The summed E-state index contributed by atoms with van der Waals surface area (Å²) in [6, 6.07) is 6.42. The summed E-state index contributed by atoms with van der Waals surface area (Å²) in [5.74, 6) is -0.782. The smallest absolute Gasteiger partial charge is 0.433 e. The Labute approximate surface area is 164 Å². The standard InChI is InChI=1S/C18H17ClF3N3O3/c1-10-12(5-7-15(23-10)18(20,21)22)17(27)25(2)9-16(26)24-13-8-11(19)4-6-14(13)28-3/h4-8H,9H2,1-3H3,(H,24,26). The van der Waals surface area contributed by atoms with Crippen molar-refractivity contribution in [2.75, 3.05) is 26.0 Å². The first-order chi connectivity index (χ1) is 13.0. The van der Waals surface area contributed by atoms with Gasteiger partial charge >= 0.3 is 6.18 Å². The van der Waals surface area contributed by atoms with Crippen LogP contribution in [0.15, 0.2) is 30.3 Å². The number of alkyl halides is 3. The fourth-order valence-electron chi connectivity index (χ4n) is 2.41. The Morgan fingerprint density at radius 1 is 1.25 bits per heavy atom. The van der Waals surface area contributed by atoms with Crippen molar-refractivity contribution in [2.24, 2.45) is 0 Å². The van der Waals surface area contributed by atoms with E-state index >= 15 is 0 Å². The number of halogens is 4. The average molecular weight is 416 g/mol. The van der Waals surface area contributed by atoms with E-state index in [4.69, 9.17) is 16.3 Å². The number of carbonyl (C=O) groups excluding carboxylic acids is 2. The van der Waals surface area contributed by atoms with Gasteiger partial charge in [0.15, 0.2) is 0 Å². The van der Waals surface area contributed by atoms with Gasteiger partial charge in [-0.15, -0.1) is 0 Å². The second-order valence-corrected chi connectivity index (χ2v) is 6.32. The van der Waals surface area contributed by atoms with Gasteiger partial charge in [-0.25, -0.2) is 4.98 Å². The lowest BCUT2D eigenvalue weighted by molar-refractivity contribution is -0.141. The van der Waals surface area contributed by atoms with Crippen LogP contribution in [0.4, 0.5) is 18.9 Å². The Bertz CT molecular complexity index is 903. The average Bonchev–Trinajstić information content (AvgIpc) is 2.60. The van der Waals surface area contributed by atoms with Gasteiger partial charge < -0.3 is 15.0 Å². The lowest BCUT2D eigenvalue weighted by Crippen LogP contribution is -2.35. The highest BCUT2D eigenvalue weighted by Crippen LogP contribution is 2.29. The molecule has 0 aliphatic heterocycles. The van der Waals surface area contributed by atoms with Crippen LogP contribution in [0.25, 0.3) is 0 Å². The Morgan fingerprint density at radius 2 is 1.93 bits per heavy atom.